The van der Waals surface area contributed by atoms with Gasteiger partial charge in [0.05, 0.1) is 40.0 Å². The molecular weight excluding hydrogens is 677 g/mol. The van der Waals surface area contributed by atoms with Gasteiger partial charge < -0.3 is 15.1 Å². The van der Waals surface area contributed by atoms with Gasteiger partial charge in [0.15, 0.2) is 5.78 Å². The van der Waals surface area contributed by atoms with E-state index in [1.807, 2.05) is 40.1 Å². The van der Waals surface area contributed by atoms with E-state index in [9.17, 15) is 18.4 Å². The maximum absolute atomic E-state index is 14.3. The Morgan fingerprint density at radius 3 is 2.08 bits per heavy atom. The van der Waals surface area contributed by atoms with Crippen molar-refractivity contribution in [2.24, 2.45) is 5.41 Å². The summed E-state index contributed by atoms with van der Waals surface area (Å²) in [6.45, 7) is 6.26. The van der Waals surface area contributed by atoms with Crippen LogP contribution in [0, 0.1) is 17.0 Å². The van der Waals surface area contributed by atoms with Gasteiger partial charge in [-0.25, -0.2) is 8.78 Å². The molecular formula is C40H38Cl2F2N4O2. The number of ketones is 1. The molecule has 4 aromatic carbocycles. The fourth-order valence-electron chi connectivity index (χ4n) is 7.64. The molecule has 1 atom stereocenters. The van der Waals surface area contributed by atoms with Crippen LogP contribution >= 0.6 is 23.2 Å². The molecule has 2 heterocycles. The Morgan fingerprint density at radius 2 is 1.46 bits per heavy atom. The first-order valence-corrected chi connectivity index (χ1v) is 17.6. The van der Waals surface area contributed by atoms with Crippen molar-refractivity contribution >= 4 is 46.3 Å². The number of nitrogens with one attached hydrogen (secondary N) is 1. The summed E-state index contributed by atoms with van der Waals surface area (Å²) in [7, 11) is 0. The third kappa shape index (κ3) is 6.89. The smallest absolute Gasteiger partial charge is 0.242 e. The van der Waals surface area contributed by atoms with Crippen LogP contribution in [0.4, 0.5) is 20.2 Å². The zero-order valence-corrected chi connectivity index (χ0v) is 29.4. The Hall–Kier alpha value is -4.24. The molecule has 50 heavy (non-hydrogen) atoms. The van der Waals surface area contributed by atoms with Crippen LogP contribution in [0.3, 0.4) is 0 Å². The van der Waals surface area contributed by atoms with Crippen LogP contribution in [0.5, 0.6) is 0 Å². The van der Waals surface area contributed by atoms with Crippen molar-refractivity contribution in [2.45, 2.75) is 38.8 Å². The van der Waals surface area contributed by atoms with Crippen LogP contribution in [0.25, 0.3) is 0 Å². The average molecular weight is 716 g/mol. The third-order valence-electron chi connectivity index (χ3n) is 9.97. The number of halogens is 4. The lowest BCUT2D eigenvalue weighted by molar-refractivity contribution is -0.131. The van der Waals surface area contributed by atoms with Crippen molar-refractivity contribution < 1.29 is 18.4 Å². The third-order valence-corrected chi connectivity index (χ3v) is 10.7. The lowest BCUT2D eigenvalue weighted by Gasteiger charge is -2.41. The molecule has 1 saturated heterocycles. The SMILES string of the molecule is CC1(C)CC(=O)C2=C(C1)Nc1ccccc1N(CC(=O)N1CCN(C(c3ccc(F)cc3)c3ccc(F)cc3)CC1)C2c1ccc(Cl)c(Cl)c1. The predicted molar refractivity (Wildman–Crippen MR) is 194 cm³/mol. The molecule has 1 unspecified atom stereocenters. The molecule has 1 fully saturated rings. The maximum Gasteiger partial charge on any atom is 0.242 e. The summed E-state index contributed by atoms with van der Waals surface area (Å²) >= 11 is 12.9. The van der Waals surface area contributed by atoms with Gasteiger partial charge in [0.1, 0.15) is 11.6 Å². The zero-order valence-electron chi connectivity index (χ0n) is 27.9. The number of benzene rings is 4. The molecule has 0 bridgehead atoms. The van der Waals surface area contributed by atoms with E-state index in [-0.39, 0.29) is 41.3 Å². The molecule has 0 saturated carbocycles. The number of hydrogen-bond donors (Lipinski definition) is 1. The van der Waals surface area contributed by atoms with Crippen molar-refractivity contribution in [3.8, 4) is 0 Å². The summed E-state index contributed by atoms with van der Waals surface area (Å²) in [5, 5.41) is 4.38. The number of Topliss-reactive ketones (excluding diaryl/α,β-unsaturated/α-hetero) is 1. The van der Waals surface area contributed by atoms with E-state index < -0.39 is 6.04 Å². The highest BCUT2D eigenvalue weighted by atomic mass is 35.5. The Kier molecular flexibility index (Phi) is 9.46. The van der Waals surface area contributed by atoms with Gasteiger partial charge >= 0.3 is 0 Å². The van der Waals surface area contributed by atoms with Crippen LogP contribution in [0.2, 0.25) is 10.0 Å². The van der Waals surface area contributed by atoms with Crippen LogP contribution in [0.15, 0.2) is 102 Å². The molecule has 1 N–H and O–H groups in total. The second-order valence-electron chi connectivity index (χ2n) is 14.1. The molecule has 3 aliphatic rings. The average Bonchev–Trinajstić information content (AvgIpc) is 3.22. The van der Waals surface area contributed by atoms with Gasteiger partial charge in [-0.05, 0) is 77.1 Å². The van der Waals surface area contributed by atoms with Gasteiger partial charge in [0.2, 0.25) is 5.91 Å². The Balaban J connectivity index is 1.19. The lowest BCUT2D eigenvalue weighted by Crippen LogP contribution is -2.52. The highest BCUT2D eigenvalue weighted by Crippen LogP contribution is 2.48. The van der Waals surface area contributed by atoms with Gasteiger partial charge in [-0.2, -0.15) is 0 Å². The number of rotatable bonds is 6. The zero-order chi connectivity index (χ0) is 35.2. The van der Waals surface area contributed by atoms with E-state index in [0.29, 0.717) is 54.6 Å². The Labute approximate surface area is 301 Å². The number of carbonyl (C=O) groups excluding carboxylic acids is 2. The van der Waals surface area contributed by atoms with Crippen molar-refractivity contribution in [3.63, 3.8) is 0 Å². The summed E-state index contributed by atoms with van der Waals surface area (Å²) in [5.41, 5.74) is 5.45. The first-order chi connectivity index (χ1) is 24.0. The van der Waals surface area contributed by atoms with Gasteiger partial charge in [-0.1, -0.05) is 79.5 Å². The van der Waals surface area contributed by atoms with E-state index in [0.717, 1.165) is 33.8 Å². The van der Waals surface area contributed by atoms with Gasteiger partial charge in [0, 0.05) is 43.9 Å². The second-order valence-corrected chi connectivity index (χ2v) is 14.9. The normalized spacial score (nSPS) is 19.2. The largest absolute Gasteiger partial charge is 0.357 e. The minimum Gasteiger partial charge on any atom is -0.357 e. The lowest BCUT2D eigenvalue weighted by atomic mass is 9.73. The maximum atomic E-state index is 14.3. The highest BCUT2D eigenvalue weighted by molar-refractivity contribution is 6.42. The molecule has 0 aromatic heterocycles. The molecule has 2 aliphatic heterocycles. The van der Waals surface area contributed by atoms with Crippen LogP contribution in [-0.4, -0.2) is 54.2 Å². The molecule has 6 nitrogen and oxygen atoms in total. The van der Waals surface area contributed by atoms with E-state index in [4.69, 9.17) is 23.2 Å². The van der Waals surface area contributed by atoms with Crippen LogP contribution < -0.4 is 10.2 Å². The molecule has 1 amide bonds. The number of fused-ring (bicyclic) bond motifs is 1. The summed E-state index contributed by atoms with van der Waals surface area (Å²) in [4.78, 5) is 34.5. The molecule has 4 aromatic rings. The van der Waals surface area contributed by atoms with Crippen LogP contribution in [0.1, 0.15) is 55.5 Å². The second kappa shape index (κ2) is 13.8. The molecule has 0 radical (unpaired) electrons. The number of allylic oxidation sites excluding steroid dienone is 1. The van der Waals surface area contributed by atoms with Gasteiger partial charge in [-0.15, -0.1) is 0 Å². The van der Waals surface area contributed by atoms with E-state index in [1.165, 1.54) is 24.3 Å². The minimum absolute atomic E-state index is 0.0242. The predicted octanol–water partition coefficient (Wildman–Crippen LogP) is 8.82. The highest BCUT2D eigenvalue weighted by Gasteiger charge is 2.42. The van der Waals surface area contributed by atoms with Gasteiger partial charge in [-0.3, -0.25) is 14.5 Å². The van der Waals surface area contributed by atoms with Crippen molar-refractivity contribution in [1.82, 2.24) is 9.80 Å². The monoisotopic (exact) mass is 714 g/mol. The van der Waals surface area contributed by atoms with Gasteiger partial charge in [0.25, 0.3) is 0 Å². The number of nitrogens with zero attached hydrogens (tertiary/aromatic N) is 3. The summed E-state index contributed by atoms with van der Waals surface area (Å²) < 4.78 is 27.7. The number of amides is 1. The molecule has 258 valence electrons. The molecule has 7 rings (SSSR count). The van der Waals surface area contributed by atoms with E-state index in [1.54, 1.807) is 36.4 Å². The topological polar surface area (TPSA) is 55.9 Å². The summed E-state index contributed by atoms with van der Waals surface area (Å²) in [6.07, 6.45) is 1.06. The fourth-order valence-corrected chi connectivity index (χ4v) is 7.94. The van der Waals surface area contributed by atoms with Crippen LogP contribution in [-0.2, 0) is 9.59 Å². The fraction of sp³-hybridized carbons (Fsp3) is 0.300. The summed E-state index contributed by atoms with van der Waals surface area (Å²) in [5.74, 6) is -0.690. The first-order valence-electron chi connectivity index (χ1n) is 16.8. The standard InChI is InChI=1S/C40H38Cl2F2N4O2/c1-40(2)22-33-37(35(49)23-40)39(27-11-16-30(41)31(42)21-27)48(34-6-4-3-5-32(34)45-33)24-36(50)46-17-19-47(20-18-46)38(25-7-12-28(43)13-8-25)26-9-14-29(44)15-10-26/h3-16,21,38-39,45H,17-20,22-24H2,1-2H3. The Morgan fingerprint density at radius 1 is 0.840 bits per heavy atom. The van der Waals surface area contributed by atoms with E-state index >= 15 is 0 Å². The number of hydrogen-bond acceptors (Lipinski definition) is 5. The summed E-state index contributed by atoms with van der Waals surface area (Å²) in [6, 6.07) is 25.2. The van der Waals surface area contributed by atoms with Crippen molar-refractivity contribution in [2.75, 3.05) is 42.9 Å². The van der Waals surface area contributed by atoms with Crippen molar-refractivity contribution in [3.05, 3.63) is 141 Å². The molecule has 1 aliphatic carbocycles. The van der Waals surface area contributed by atoms with E-state index in [2.05, 4.69) is 24.1 Å². The number of piperazine rings is 1. The quantitative estimate of drug-likeness (QED) is 0.216. The first kappa shape index (κ1) is 34.2. The minimum atomic E-state index is -0.578. The Bertz CT molecular complexity index is 1910. The van der Waals surface area contributed by atoms with Crippen molar-refractivity contribution in [1.29, 1.82) is 0 Å². The molecule has 10 heteroatoms. The number of para-hydroxylation sites is 2. The molecule has 0 spiro atoms. The number of anilines is 2. The number of carbonyl (C=O) groups is 2.